The summed E-state index contributed by atoms with van der Waals surface area (Å²) in [5.74, 6) is 0.778. The lowest BCUT2D eigenvalue weighted by Gasteiger charge is -1.98. The van der Waals surface area contributed by atoms with Crippen LogP contribution < -0.4 is 0 Å². The topological polar surface area (TPSA) is 56.0 Å². The van der Waals surface area contributed by atoms with Gasteiger partial charge in [-0.15, -0.1) is 0 Å². The van der Waals surface area contributed by atoms with Crippen LogP contribution in [-0.4, -0.2) is 15.9 Å². The van der Waals surface area contributed by atoms with Gasteiger partial charge < -0.3 is 4.52 Å². The Balaban J connectivity index is 1.64. The van der Waals surface area contributed by atoms with E-state index in [1.54, 1.807) is 24.5 Å². The van der Waals surface area contributed by atoms with Gasteiger partial charge in [-0.05, 0) is 24.1 Å². The molecule has 0 atom stereocenters. The summed E-state index contributed by atoms with van der Waals surface area (Å²) in [5.41, 5.74) is 3.74. The third kappa shape index (κ3) is 3.72. The van der Waals surface area contributed by atoms with E-state index < -0.39 is 0 Å². The summed E-state index contributed by atoms with van der Waals surface area (Å²) < 4.78 is 5.34. The molecule has 3 aromatic rings. The highest BCUT2D eigenvalue weighted by Crippen LogP contribution is 2.21. The molecule has 116 valence electrons. The van der Waals surface area contributed by atoms with Gasteiger partial charge in [-0.25, -0.2) is 0 Å². The average molecular weight is 306 g/mol. The van der Waals surface area contributed by atoms with Gasteiger partial charge in [0, 0.05) is 42.4 Å². The number of pyridine rings is 1. The van der Waals surface area contributed by atoms with Crippen molar-refractivity contribution in [2.75, 3.05) is 0 Å². The number of aryl methyl sites for hydroxylation is 2. The van der Waals surface area contributed by atoms with E-state index >= 15 is 0 Å². The van der Waals surface area contributed by atoms with Crippen molar-refractivity contribution in [3.63, 3.8) is 0 Å². The van der Waals surface area contributed by atoms with E-state index in [0.29, 0.717) is 18.4 Å². The van der Waals surface area contributed by atoms with E-state index in [-0.39, 0.29) is 5.78 Å². The van der Waals surface area contributed by atoms with Gasteiger partial charge in [-0.2, -0.15) is 0 Å². The molecule has 2 aromatic heterocycles. The normalized spacial score (nSPS) is 10.7. The van der Waals surface area contributed by atoms with Gasteiger partial charge in [0.1, 0.15) is 11.5 Å². The van der Waals surface area contributed by atoms with Crippen LogP contribution in [0.4, 0.5) is 0 Å². The Morgan fingerprint density at radius 3 is 2.70 bits per heavy atom. The summed E-state index contributed by atoms with van der Waals surface area (Å²) >= 11 is 0. The minimum absolute atomic E-state index is 0.0587. The molecule has 4 nitrogen and oxygen atoms in total. The van der Waals surface area contributed by atoms with Crippen LogP contribution in [0.2, 0.25) is 0 Å². The first-order chi connectivity index (χ1) is 11.3. The number of nitrogens with zero attached hydrogens (tertiary/aromatic N) is 2. The summed E-state index contributed by atoms with van der Waals surface area (Å²) in [4.78, 5) is 16.0. The standard InChI is InChI=1S/C19H18N2O2/c1-2-14-5-7-15(8-6-14)18-12-17(23-21-18)9-10-19(22)16-4-3-11-20-13-16/h3-8,11-13H,2,9-10H2,1H3. The molecule has 1 aromatic carbocycles. The third-order valence-corrected chi connectivity index (χ3v) is 3.80. The molecule has 0 N–H and O–H groups in total. The van der Waals surface area contributed by atoms with E-state index in [9.17, 15) is 4.79 Å². The van der Waals surface area contributed by atoms with Crippen molar-refractivity contribution in [2.45, 2.75) is 26.2 Å². The molecule has 0 saturated carbocycles. The van der Waals surface area contributed by atoms with E-state index in [1.807, 2.05) is 18.2 Å². The van der Waals surface area contributed by atoms with Crippen LogP contribution in [0.25, 0.3) is 11.3 Å². The molecule has 3 rings (SSSR count). The lowest BCUT2D eigenvalue weighted by molar-refractivity contribution is 0.0980. The molecule has 0 bridgehead atoms. The van der Waals surface area contributed by atoms with E-state index in [4.69, 9.17) is 4.52 Å². The first-order valence-electron chi connectivity index (χ1n) is 7.74. The lowest BCUT2D eigenvalue weighted by Crippen LogP contribution is -2.00. The molecule has 0 spiro atoms. The van der Waals surface area contributed by atoms with Gasteiger partial charge in [-0.3, -0.25) is 9.78 Å². The van der Waals surface area contributed by atoms with Crippen molar-refractivity contribution in [3.05, 3.63) is 71.7 Å². The summed E-state index contributed by atoms with van der Waals surface area (Å²) in [6.45, 7) is 2.13. The van der Waals surface area contributed by atoms with Crippen LogP contribution in [0.3, 0.4) is 0 Å². The Kier molecular flexibility index (Phi) is 4.62. The molecule has 23 heavy (non-hydrogen) atoms. The summed E-state index contributed by atoms with van der Waals surface area (Å²) in [7, 11) is 0. The largest absolute Gasteiger partial charge is 0.361 e. The summed E-state index contributed by atoms with van der Waals surface area (Å²) in [5, 5.41) is 4.09. The maximum absolute atomic E-state index is 12.1. The van der Waals surface area contributed by atoms with E-state index in [1.165, 1.54) is 5.56 Å². The molecule has 0 aliphatic carbocycles. The third-order valence-electron chi connectivity index (χ3n) is 3.80. The van der Waals surface area contributed by atoms with Gasteiger partial charge in [-0.1, -0.05) is 36.3 Å². The predicted molar refractivity (Wildman–Crippen MR) is 88.2 cm³/mol. The number of ketones is 1. The number of carbonyl (C=O) groups excluding carboxylic acids is 1. The fourth-order valence-corrected chi connectivity index (χ4v) is 2.39. The first kappa shape index (κ1) is 15.2. The Morgan fingerprint density at radius 1 is 1.17 bits per heavy atom. The zero-order valence-electron chi connectivity index (χ0n) is 13.0. The Hall–Kier alpha value is -2.75. The Bertz CT molecular complexity index is 777. The quantitative estimate of drug-likeness (QED) is 0.643. The minimum Gasteiger partial charge on any atom is -0.361 e. The fourth-order valence-electron chi connectivity index (χ4n) is 2.39. The van der Waals surface area contributed by atoms with Gasteiger partial charge in [0.05, 0.1) is 0 Å². The first-order valence-corrected chi connectivity index (χ1v) is 7.74. The fraction of sp³-hybridized carbons (Fsp3) is 0.211. The summed E-state index contributed by atoms with van der Waals surface area (Å²) in [6.07, 6.45) is 5.18. The number of carbonyl (C=O) groups is 1. The van der Waals surface area contributed by atoms with Crippen molar-refractivity contribution in [1.82, 2.24) is 10.1 Å². The van der Waals surface area contributed by atoms with Crippen LogP contribution >= 0.6 is 0 Å². The van der Waals surface area contributed by atoms with Crippen LogP contribution in [0, 0.1) is 0 Å². The molecule has 2 heterocycles. The molecule has 0 aliphatic rings. The number of benzene rings is 1. The minimum atomic E-state index is 0.0587. The van der Waals surface area contributed by atoms with Crippen LogP contribution in [-0.2, 0) is 12.8 Å². The van der Waals surface area contributed by atoms with Gasteiger partial charge in [0.25, 0.3) is 0 Å². The maximum atomic E-state index is 12.1. The molecule has 4 heteroatoms. The van der Waals surface area contributed by atoms with E-state index in [0.717, 1.165) is 23.4 Å². The molecular formula is C19H18N2O2. The Morgan fingerprint density at radius 2 is 2.00 bits per heavy atom. The molecule has 0 saturated heterocycles. The highest BCUT2D eigenvalue weighted by Gasteiger charge is 2.10. The van der Waals surface area contributed by atoms with Gasteiger partial charge >= 0.3 is 0 Å². The highest BCUT2D eigenvalue weighted by atomic mass is 16.5. The second-order valence-corrected chi connectivity index (χ2v) is 5.39. The number of hydrogen-bond donors (Lipinski definition) is 0. The smallest absolute Gasteiger partial charge is 0.164 e. The average Bonchev–Trinajstić information content (AvgIpc) is 3.09. The number of Topliss-reactive ketones (excluding diaryl/α,β-unsaturated/α-hetero) is 1. The van der Waals surface area contributed by atoms with Crippen molar-refractivity contribution in [1.29, 1.82) is 0 Å². The van der Waals surface area contributed by atoms with Crippen LogP contribution in [0.15, 0.2) is 59.4 Å². The SMILES string of the molecule is CCc1ccc(-c2cc(CCC(=O)c3cccnc3)on2)cc1. The molecule has 0 unspecified atom stereocenters. The Labute approximate surface area is 135 Å². The van der Waals surface area contributed by atoms with Crippen molar-refractivity contribution in [2.24, 2.45) is 0 Å². The zero-order chi connectivity index (χ0) is 16.1. The molecule has 0 radical (unpaired) electrons. The van der Waals surface area contributed by atoms with Crippen LogP contribution in [0.5, 0.6) is 0 Å². The molecule has 0 fully saturated rings. The number of hydrogen-bond acceptors (Lipinski definition) is 4. The van der Waals surface area contributed by atoms with Crippen LogP contribution in [0.1, 0.15) is 35.0 Å². The number of aromatic nitrogens is 2. The second kappa shape index (κ2) is 7.01. The van der Waals surface area contributed by atoms with E-state index in [2.05, 4.69) is 29.2 Å². The monoisotopic (exact) mass is 306 g/mol. The highest BCUT2D eigenvalue weighted by molar-refractivity contribution is 5.95. The summed E-state index contributed by atoms with van der Waals surface area (Å²) in [6, 6.07) is 13.7. The lowest BCUT2D eigenvalue weighted by atomic mass is 10.1. The van der Waals surface area contributed by atoms with Crippen molar-refractivity contribution < 1.29 is 9.32 Å². The van der Waals surface area contributed by atoms with Gasteiger partial charge in [0.2, 0.25) is 0 Å². The number of rotatable bonds is 6. The molecule has 0 aliphatic heterocycles. The van der Waals surface area contributed by atoms with Crippen molar-refractivity contribution >= 4 is 5.78 Å². The predicted octanol–water partition coefficient (Wildman–Crippen LogP) is 4.11. The zero-order valence-corrected chi connectivity index (χ0v) is 13.0. The van der Waals surface area contributed by atoms with Crippen molar-refractivity contribution in [3.8, 4) is 11.3 Å². The molecule has 0 amide bonds. The second-order valence-electron chi connectivity index (χ2n) is 5.39. The van der Waals surface area contributed by atoms with Gasteiger partial charge in [0.15, 0.2) is 5.78 Å². The molecular weight excluding hydrogens is 288 g/mol. The maximum Gasteiger partial charge on any atom is 0.164 e.